The maximum Gasteiger partial charge on any atom is 0.306 e. The van der Waals surface area contributed by atoms with E-state index in [4.69, 9.17) is 4.74 Å². The van der Waals surface area contributed by atoms with Gasteiger partial charge in [0.2, 0.25) is 0 Å². The molecule has 1 aliphatic carbocycles. The number of nitrogens with one attached hydrogen (secondary N) is 1. The molecule has 1 aliphatic heterocycles. The van der Waals surface area contributed by atoms with Gasteiger partial charge in [0, 0.05) is 12.1 Å². The molecular weight excluding hydrogens is 334 g/mol. The summed E-state index contributed by atoms with van der Waals surface area (Å²) in [6, 6.07) is 16.0. The summed E-state index contributed by atoms with van der Waals surface area (Å²) in [5.41, 5.74) is 6.73. The lowest BCUT2D eigenvalue weighted by molar-refractivity contribution is -0.143. The fourth-order valence-corrected chi connectivity index (χ4v) is 4.87. The fourth-order valence-electron chi connectivity index (χ4n) is 4.87. The molecule has 0 spiro atoms. The Bertz CT molecular complexity index is 812. The minimum Gasteiger partial charge on any atom is -0.466 e. The molecule has 1 saturated carbocycles. The predicted octanol–water partition coefficient (Wildman–Crippen LogP) is 5.54. The van der Waals surface area contributed by atoms with Crippen molar-refractivity contribution in [3.05, 3.63) is 64.7 Å². The molecule has 0 aromatic heterocycles. The van der Waals surface area contributed by atoms with Crippen LogP contribution in [0.3, 0.4) is 0 Å². The summed E-state index contributed by atoms with van der Waals surface area (Å²) in [7, 11) is 0. The van der Waals surface area contributed by atoms with Crippen molar-refractivity contribution in [1.82, 2.24) is 0 Å². The zero-order valence-corrected chi connectivity index (χ0v) is 16.3. The summed E-state index contributed by atoms with van der Waals surface area (Å²) in [5.74, 6) is 1.23. The van der Waals surface area contributed by atoms with E-state index >= 15 is 0 Å². The van der Waals surface area contributed by atoms with E-state index in [-0.39, 0.29) is 5.97 Å². The fraction of sp³-hybridized carbons (Fsp3) is 0.458. The van der Waals surface area contributed by atoms with Crippen molar-refractivity contribution in [3.8, 4) is 0 Å². The topological polar surface area (TPSA) is 38.3 Å². The van der Waals surface area contributed by atoms with E-state index in [0.29, 0.717) is 30.9 Å². The highest BCUT2D eigenvalue weighted by atomic mass is 16.5. The van der Waals surface area contributed by atoms with Crippen LogP contribution in [0, 0.1) is 12.8 Å². The average Bonchev–Trinajstić information content (AvgIpc) is 3.17. The van der Waals surface area contributed by atoms with Gasteiger partial charge in [-0.2, -0.15) is 0 Å². The third kappa shape index (κ3) is 3.73. The number of carbonyl (C=O) groups is 1. The highest BCUT2D eigenvalue weighted by Crippen LogP contribution is 2.52. The second kappa shape index (κ2) is 7.75. The van der Waals surface area contributed by atoms with Crippen LogP contribution in [0.15, 0.2) is 42.5 Å². The lowest BCUT2D eigenvalue weighted by Crippen LogP contribution is -2.28. The van der Waals surface area contributed by atoms with Crippen LogP contribution in [-0.4, -0.2) is 12.6 Å². The SMILES string of the molecule is CCOC(=O)CCc1ccc([C@@H]2Nc3ccc(C)cc3[C@@H]3CCC[C@@H]32)cc1. The summed E-state index contributed by atoms with van der Waals surface area (Å²) in [6.07, 6.45) is 5.10. The standard InChI is InChI=1S/C24H29NO2/c1-3-27-23(26)14-10-17-8-11-18(12-9-17)24-20-6-4-5-19(20)21-15-16(2)7-13-22(21)25-24/h7-9,11-13,15,19-20,24-25H,3-6,10,14H2,1-2H3/t19-,20+,24+/m1/s1. The number of carbonyl (C=O) groups excluding carboxylic acids is 1. The summed E-state index contributed by atoms with van der Waals surface area (Å²) >= 11 is 0. The minimum absolute atomic E-state index is 0.115. The Hall–Kier alpha value is -2.29. The molecule has 0 saturated heterocycles. The molecule has 2 aromatic carbocycles. The Balaban J connectivity index is 1.51. The van der Waals surface area contributed by atoms with Crippen LogP contribution >= 0.6 is 0 Å². The van der Waals surface area contributed by atoms with E-state index in [1.165, 1.54) is 47.2 Å². The van der Waals surface area contributed by atoms with Crippen molar-refractivity contribution < 1.29 is 9.53 Å². The van der Waals surface area contributed by atoms with Gasteiger partial charge in [0.25, 0.3) is 0 Å². The lowest BCUT2D eigenvalue weighted by atomic mass is 9.77. The molecule has 1 fully saturated rings. The molecule has 142 valence electrons. The molecule has 1 N–H and O–H groups in total. The highest BCUT2D eigenvalue weighted by molar-refractivity contribution is 5.69. The molecular formula is C24H29NO2. The number of hydrogen-bond acceptors (Lipinski definition) is 3. The number of benzene rings is 2. The zero-order valence-electron chi connectivity index (χ0n) is 16.3. The predicted molar refractivity (Wildman–Crippen MR) is 109 cm³/mol. The Labute approximate surface area is 162 Å². The van der Waals surface area contributed by atoms with Crippen molar-refractivity contribution in [2.24, 2.45) is 5.92 Å². The van der Waals surface area contributed by atoms with Gasteiger partial charge in [-0.15, -0.1) is 0 Å². The van der Waals surface area contributed by atoms with Crippen LogP contribution in [0.5, 0.6) is 0 Å². The molecule has 0 radical (unpaired) electrons. The number of hydrogen-bond donors (Lipinski definition) is 1. The van der Waals surface area contributed by atoms with Crippen LogP contribution in [0.4, 0.5) is 5.69 Å². The number of fused-ring (bicyclic) bond motifs is 3. The summed E-state index contributed by atoms with van der Waals surface area (Å²) in [4.78, 5) is 11.6. The van der Waals surface area contributed by atoms with Crippen molar-refractivity contribution in [2.75, 3.05) is 11.9 Å². The molecule has 0 amide bonds. The van der Waals surface area contributed by atoms with E-state index in [1.54, 1.807) is 0 Å². The number of ether oxygens (including phenoxy) is 1. The smallest absolute Gasteiger partial charge is 0.306 e. The monoisotopic (exact) mass is 363 g/mol. The number of rotatable bonds is 5. The van der Waals surface area contributed by atoms with Gasteiger partial charge in [-0.05, 0) is 67.7 Å². The van der Waals surface area contributed by atoms with E-state index < -0.39 is 0 Å². The van der Waals surface area contributed by atoms with Crippen LogP contribution < -0.4 is 5.32 Å². The number of anilines is 1. The quantitative estimate of drug-likeness (QED) is 0.709. The minimum atomic E-state index is -0.115. The Morgan fingerprint density at radius 2 is 1.96 bits per heavy atom. The molecule has 1 heterocycles. The van der Waals surface area contributed by atoms with Crippen LogP contribution in [0.25, 0.3) is 0 Å². The van der Waals surface area contributed by atoms with Gasteiger partial charge in [0.1, 0.15) is 0 Å². The number of esters is 1. The normalized spacial score (nSPS) is 23.3. The molecule has 4 rings (SSSR count). The molecule has 3 heteroatoms. The molecule has 2 aromatic rings. The van der Waals surface area contributed by atoms with Crippen LogP contribution in [-0.2, 0) is 16.0 Å². The van der Waals surface area contributed by atoms with Gasteiger partial charge in [0.05, 0.1) is 12.6 Å². The van der Waals surface area contributed by atoms with Crippen molar-refractivity contribution in [3.63, 3.8) is 0 Å². The second-order valence-electron chi connectivity index (χ2n) is 7.96. The summed E-state index contributed by atoms with van der Waals surface area (Å²) < 4.78 is 5.02. The Kier molecular flexibility index (Phi) is 5.20. The van der Waals surface area contributed by atoms with E-state index in [0.717, 1.165) is 6.42 Å². The number of aryl methyl sites for hydroxylation is 2. The first-order valence-electron chi connectivity index (χ1n) is 10.3. The molecule has 0 bridgehead atoms. The van der Waals surface area contributed by atoms with Gasteiger partial charge in [-0.1, -0.05) is 48.4 Å². The lowest BCUT2D eigenvalue weighted by Gasteiger charge is -2.38. The molecule has 3 atom stereocenters. The van der Waals surface area contributed by atoms with Gasteiger partial charge in [-0.25, -0.2) is 0 Å². The maximum absolute atomic E-state index is 11.6. The van der Waals surface area contributed by atoms with E-state index in [2.05, 4.69) is 54.7 Å². The third-order valence-corrected chi connectivity index (χ3v) is 6.18. The van der Waals surface area contributed by atoms with Crippen molar-refractivity contribution in [1.29, 1.82) is 0 Å². The van der Waals surface area contributed by atoms with Crippen LogP contribution in [0.2, 0.25) is 0 Å². The molecule has 27 heavy (non-hydrogen) atoms. The maximum atomic E-state index is 11.6. The molecule has 2 aliphatic rings. The van der Waals surface area contributed by atoms with Gasteiger partial charge < -0.3 is 10.1 Å². The Morgan fingerprint density at radius 1 is 1.15 bits per heavy atom. The molecule has 3 nitrogen and oxygen atoms in total. The molecule has 0 unspecified atom stereocenters. The van der Waals surface area contributed by atoms with E-state index in [1.807, 2.05) is 6.92 Å². The third-order valence-electron chi connectivity index (χ3n) is 6.18. The Morgan fingerprint density at radius 3 is 2.74 bits per heavy atom. The second-order valence-corrected chi connectivity index (χ2v) is 7.96. The van der Waals surface area contributed by atoms with Crippen molar-refractivity contribution in [2.45, 2.75) is 57.9 Å². The van der Waals surface area contributed by atoms with Crippen LogP contribution in [0.1, 0.15) is 66.8 Å². The zero-order chi connectivity index (χ0) is 18.8. The first-order valence-corrected chi connectivity index (χ1v) is 10.3. The first-order chi connectivity index (χ1) is 13.2. The van der Waals surface area contributed by atoms with Gasteiger partial charge in [0.15, 0.2) is 0 Å². The summed E-state index contributed by atoms with van der Waals surface area (Å²) in [6.45, 7) is 4.49. The first kappa shape index (κ1) is 18.1. The summed E-state index contributed by atoms with van der Waals surface area (Å²) in [5, 5.41) is 3.82. The largest absolute Gasteiger partial charge is 0.466 e. The van der Waals surface area contributed by atoms with Gasteiger partial charge >= 0.3 is 5.97 Å². The van der Waals surface area contributed by atoms with Crippen molar-refractivity contribution >= 4 is 11.7 Å². The highest BCUT2D eigenvalue weighted by Gasteiger charge is 2.40. The van der Waals surface area contributed by atoms with Gasteiger partial charge in [-0.3, -0.25) is 4.79 Å². The average molecular weight is 364 g/mol. The van der Waals surface area contributed by atoms with E-state index in [9.17, 15) is 4.79 Å².